The zero-order chi connectivity index (χ0) is 14.3. The molecule has 0 amide bonds. The van der Waals surface area contributed by atoms with Crippen molar-refractivity contribution < 1.29 is 9.15 Å². The second-order valence-corrected chi connectivity index (χ2v) is 6.69. The molecule has 1 aromatic rings. The van der Waals surface area contributed by atoms with Crippen LogP contribution in [0, 0.1) is 16.7 Å². The Morgan fingerprint density at radius 3 is 2.37 bits per heavy atom. The first kappa shape index (κ1) is 14.6. The average molecular weight is 265 g/mol. The van der Waals surface area contributed by atoms with Crippen LogP contribution in [-0.4, -0.2) is 13.7 Å². The van der Waals surface area contributed by atoms with Gasteiger partial charge in [0.25, 0.3) is 0 Å². The number of nitrogens with one attached hydrogen (secondary N) is 1. The van der Waals surface area contributed by atoms with E-state index >= 15 is 0 Å². The fourth-order valence-electron chi connectivity index (χ4n) is 3.46. The molecule has 0 spiro atoms. The molecule has 1 atom stereocenters. The van der Waals surface area contributed by atoms with Crippen LogP contribution < -0.4 is 5.32 Å². The Morgan fingerprint density at radius 2 is 1.89 bits per heavy atom. The molecule has 1 fully saturated rings. The number of hydrogen-bond donors (Lipinski definition) is 1. The summed E-state index contributed by atoms with van der Waals surface area (Å²) in [6.07, 6.45) is 0. The molecule has 3 heteroatoms. The maximum atomic E-state index is 5.94. The van der Waals surface area contributed by atoms with Crippen molar-refractivity contribution in [2.45, 2.75) is 47.3 Å². The zero-order valence-electron chi connectivity index (χ0n) is 13.0. The predicted molar refractivity (Wildman–Crippen MR) is 76.9 cm³/mol. The van der Waals surface area contributed by atoms with Gasteiger partial charge in [-0.15, -0.1) is 0 Å². The van der Waals surface area contributed by atoms with E-state index in [1.165, 1.54) is 0 Å². The summed E-state index contributed by atoms with van der Waals surface area (Å²) in [7, 11) is 1.69. The van der Waals surface area contributed by atoms with Gasteiger partial charge in [0.2, 0.25) is 0 Å². The number of methoxy groups -OCH3 is 1. The van der Waals surface area contributed by atoms with Crippen LogP contribution in [0.4, 0.5) is 0 Å². The van der Waals surface area contributed by atoms with E-state index in [9.17, 15) is 0 Å². The Kier molecular flexibility index (Phi) is 3.80. The monoisotopic (exact) mass is 265 g/mol. The number of rotatable bonds is 6. The molecule has 0 aromatic carbocycles. The van der Waals surface area contributed by atoms with Crippen LogP contribution in [0.1, 0.15) is 52.2 Å². The maximum Gasteiger partial charge on any atom is 0.129 e. The van der Waals surface area contributed by atoms with Gasteiger partial charge in [-0.3, -0.25) is 0 Å². The molecule has 0 radical (unpaired) electrons. The first-order valence-electron chi connectivity index (χ1n) is 7.17. The van der Waals surface area contributed by atoms with Gasteiger partial charge >= 0.3 is 0 Å². The van der Waals surface area contributed by atoms with Crippen LogP contribution in [0.25, 0.3) is 0 Å². The van der Waals surface area contributed by atoms with Crippen molar-refractivity contribution in [2.24, 2.45) is 16.7 Å². The van der Waals surface area contributed by atoms with E-state index in [4.69, 9.17) is 9.15 Å². The van der Waals surface area contributed by atoms with Crippen LogP contribution in [0.15, 0.2) is 16.5 Å². The molecule has 1 N–H and O–H groups in total. The van der Waals surface area contributed by atoms with Gasteiger partial charge in [0.15, 0.2) is 0 Å². The minimum atomic E-state index is 0.292. The van der Waals surface area contributed by atoms with Crippen molar-refractivity contribution in [1.82, 2.24) is 5.32 Å². The average Bonchev–Trinajstić information content (AvgIpc) is 2.70. The highest BCUT2D eigenvalue weighted by Gasteiger charge is 2.67. The third-order valence-corrected chi connectivity index (χ3v) is 5.17. The summed E-state index contributed by atoms with van der Waals surface area (Å²) in [5, 5.41) is 3.59. The molecular weight excluding hydrogens is 238 g/mol. The lowest BCUT2D eigenvalue weighted by Crippen LogP contribution is -2.24. The normalized spacial score (nSPS) is 22.4. The van der Waals surface area contributed by atoms with E-state index in [-0.39, 0.29) is 0 Å². The van der Waals surface area contributed by atoms with Crippen molar-refractivity contribution in [1.29, 1.82) is 0 Å². The molecule has 0 saturated heterocycles. The van der Waals surface area contributed by atoms with Gasteiger partial charge < -0.3 is 14.5 Å². The summed E-state index contributed by atoms with van der Waals surface area (Å²) in [4.78, 5) is 0. The lowest BCUT2D eigenvalue weighted by Gasteiger charge is -2.18. The highest BCUT2D eigenvalue weighted by Crippen LogP contribution is 2.72. The molecule has 3 nitrogen and oxygen atoms in total. The quantitative estimate of drug-likeness (QED) is 0.850. The minimum Gasteiger partial charge on any atom is -0.462 e. The molecule has 1 unspecified atom stereocenters. The standard InChI is InChI=1S/C16H27NO2/c1-7-17-13(14-15(2,3)16(14,4)5)12-9-8-11(19-12)10-18-6/h8-9,13-14,17H,7,10H2,1-6H3. The summed E-state index contributed by atoms with van der Waals surface area (Å²) in [6.45, 7) is 13.0. The first-order valence-corrected chi connectivity index (χ1v) is 7.17. The molecule has 2 rings (SSSR count). The fourth-order valence-corrected chi connectivity index (χ4v) is 3.46. The van der Waals surface area contributed by atoms with Crippen LogP contribution in [0.5, 0.6) is 0 Å². The first-order chi connectivity index (χ1) is 8.86. The van der Waals surface area contributed by atoms with Gasteiger partial charge in [-0.1, -0.05) is 34.6 Å². The number of ether oxygens (including phenoxy) is 1. The van der Waals surface area contributed by atoms with Gasteiger partial charge in [-0.2, -0.15) is 0 Å². The summed E-state index contributed by atoms with van der Waals surface area (Å²) < 4.78 is 11.1. The van der Waals surface area contributed by atoms with Gasteiger partial charge in [-0.25, -0.2) is 0 Å². The minimum absolute atomic E-state index is 0.292. The predicted octanol–water partition coefficient (Wildman–Crippen LogP) is 3.76. The maximum absolute atomic E-state index is 5.94. The number of furan rings is 1. The van der Waals surface area contributed by atoms with Crippen LogP contribution in [-0.2, 0) is 11.3 Å². The SMILES string of the molecule is CCNC(c1ccc(COC)o1)C1C(C)(C)C1(C)C. The topological polar surface area (TPSA) is 34.4 Å². The Morgan fingerprint density at radius 1 is 1.26 bits per heavy atom. The second-order valence-electron chi connectivity index (χ2n) is 6.69. The van der Waals surface area contributed by atoms with Gasteiger partial charge in [0, 0.05) is 7.11 Å². The highest BCUT2D eigenvalue weighted by molar-refractivity contribution is 5.22. The summed E-state index contributed by atoms with van der Waals surface area (Å²) in [5.41, 5.74) is 0.683. The van der Waals surface area contributed by atoms with Gasteiger partial charge in [-0.05, 0) is 35.4 Å². The summed E-state index contributed by atoms with van der Waals surface area (Å²) in [6, 6.07) is 4.40. The van der Waals surface area contributed by atoms with Crippen LogP contribution >= 0.6 is 0 Å². The van der Waals surface area contributed by atoms with E-state index in [1.54, 1.807) is 7.11 Å². The molecule has 1 aliphatic carbocycles. The Balaban J connectivity index is 2.21. The second kappa shape index (κ2) is 4.95. The van der Waals surface area contributed by atoms with Gasteiger partial charge in [0.1, 0.15) is 18.1 Å². The fraction of sp³-hybridized carbons (Fsp3) is 0.750. The smallest absolute Gasteiger partial charge is 0.129 e. The molecule has 19 heavy (non-hydrogen) atoms. The molecule has 108 valence electrons. The molecule has 1 saturated carbocycles. The van der Waals surface area contributed by atoms with Crippen molar-refractivity contribution in [2.75, 3.05) is 13.7 Å². The molecule has 1 aliphatic rings. The van der Waals surface area contributed by atoms with E-state index in [2.05, 4.69) is 46.0 Å². The lowest BCUT2D eigenvalue weighted by molar-refractivity contribution is 0.160. The third kappa shape index (κ3) is 2.34. The number of hydrogen-bond acceptors (Lipinski definition) is 3. The molecule has 1 heterocycles. The van der Waals surface area contributed by atoms with E-state index in [0.29, 0.717) is 29.4 Å². The molecular formula is C16H27NO2. The Hall–Kier alpha value is -0.800. The van der Waals surface area contributed by atoms with Crippen molar-refractivity contribution >= 4 is 0 Å². The van der Waals surface area contributed by atoms with E-state index < -0.39 is 0 Å². The molecule has 1 aromatic heterocycles. The Bertz CT molecular complexity index is 420. The van der Waals surface area contributed by atoms with E-state index in [1.807, 2.05) is 6.07 Å². The molecule has 0 bridgehead atoms. The third-order valence-electron chi connectivity index (χ3n) is 5.17. The Labute approximate surface area is 116 Å². The zero-order valence-corrected chi connectivity index (χ0v) is 13.0. The van der Waals surface area contributed by atoms with Crippen molar-refractivity contribution in [3.05, 3.63) is 23.7 Å². The largest absolute Gasteiger partial charge is 0.462 e. The van der Waals surface area contributed by atoms with E-state index in [0.717, 1.165) is 18.1 Å². The van der Waals surface area contributed by atoms with Crippen molar-refractivity contribution in [3.8, 4) is 0 Å². The van der Waals surface area contributed by atoms with Crippen LogP contribution in [0.2, 0.25) is 0 Å². The van der Waals surface area contributed by atoms with Crippen molar-refractivity contribution in [3.63, 3.8) is 0 Å². The molecule has 0 aliphatic heterocycles. The lowest BCUT2D eigenvalue weighted by atomic mass is 10.0. The highest BCUT2D eigenvalue weighted by atomic mass is 16.5. The van der Waals surface area contributed by atoms with Gasteiger partial charge in [0.05, 0.1) is 6.04 Å². The van der Waals surface area contributed by atoms with Crippen LogP contribution in [0.3, 0.4) is 0 Å². The summed E-state index contributed by atoms with van der Waals surface area (Å²) in [5.74, 6) is 2.54. The summed E-state index contributed by atoms with van der Waals surface area (Å²) >= 11 is 0.